The molecule has 1 N–H and O–H groups in total. The summed E-state index contributed by atoms with van der Waals surface area (Å²) in [6, 6.07) is 10.3. The van der Waals surface area contributed by atoms with Crippen LogP contribution in [0.1, 0.15) is 20.1 Å². The SMILES string of the molecule is Cc1sc(C(=O)Nc2ccnn2Cc2ccc(Cl)cc2)cc1[N+](=O)[O-]. The maximum absolute atomic E-state index is 12.4. The molecule has 0 aliphatic carbocycles. The monoisotopic (exact) mass is 376 g/mol. The predicted octanol–water partition coefficient (Wildman–Crippen LogP) is 4.12. The van der Waals surface area contributed by atoms with Crippen LogP contribution < -0.4 is 5.32 Å². The molecule has 0 fully saturated rings. The number of aryl methyl sites for hydroxylation is 1. The maximum Gasteiger partial charge on any atom is 0.283 e. The molecule has 0 bridgehead atoms. The van der Waals surface area contributed by atoms with Gasteiger partial charge >= 0.3 is 0 Å². The van der Waals surface area contributed by atoms with Crippen molar-refractivity contribution < 1.29 is 9.72 Å². The van der Waals surface area contributed by atoms with Gasteiger partial charge < -0.3 is 5.32 Å². The number of nitrogens with zero attached hydrogens (tertiary/aromatic N) is 3. The number of nitro groups is 1. The van der Waals surface area contributed by atoms with Crippen LogP contribution in [0.25, 0.3) is 0 Å². The fourth-order valence-electron chi connectivity index (χ4n) is 2.27. The molecule has 3 aromatic rings. The molecule has 2 aromatic heterocycles. The van der Waals surface area contributed by atoms with Crippen molar-refractivity contribution in [3.63, 3.8) is 0 Å². The van der Waals surface area contributed by atoms with E-state index < -0.39 is 10.8 Å². The summed E-state index contributed by atoms with van der Waals surface area (Å²) in [7, 11) is 0. The van der Waals surface area contributed by atoms with Gasteiger partial charge in [-0.3, -0.25) is 14.9 Å². The Balaban J connectivity index is 1.76. The minimum Gasteiger partial charge on any atom is -0.306 e. The number of hydrogen-bond acceptors (Lipinski definition) is 5. The number of carbonyl (C=O) groups is 1. The van der Waals surface area contributed by atoms with Crippen LogP contribution in [0.4, 0.5) is 11.5 Å². The molecule has 0 atom stereocenters. The normalized spacial score (nSPS) is 10.6. The number of benzene rings is 1. The van der Waals surface area contributed by atoms with E-state index in [2.05, 4.69) is 10.4 Å². The number of thiophene rings is 1. The van der Waals surface area contributed by atoms with E-state index in [1.165, 1.54) is 6.07 Å². The quantitative estimate of drug-likeness (QED) is 0.535. The average Bonchev–Trinajstić information content (AvgIpc) is 3.16. The van der Waals surface area contributed by atoms with Crippen molar-refractivity contribution in [1.82, 2.24) is 9.78 Å². The lowest BCUT2D eigenvalue weighted by Crippen LogP contribution is -2.15. The standard InChI is InChI=1S/C16H13ClN4O3S/c1-10-13(21(23)24)8-14(25-10)16(22)19-15-6-7-18-20(15)9-11-2-4-12(17)5-3-11/h2-8H,9H2,1H3,(H,19,22). The lowest BCUT2D eigenvalue weighted by Gasteiger charge is -2.08. The minimum atomic E-state index is -0.493. The highest BCUT2D eigenvalue weighted by Crippen LogP contribution is 2.28. The van der Waals surface area contributed by atoms with Gasteiger partial charge in [0.05, 0.1) is 27.4 Å². The van der Waals surface area contributed by atoms with Crippen molar-refractivity contribution in [3.05, 3.63) is 73.0 Å². The fraction of sp³-hybridized carbons (Fsp3) is 0.125. The molecule has 0 radical (unpaired) electrons. The number of aromatic nitrogens is 2. The summed E-state index contributed by atoms with van der Waals surface area (Å²) in [6.45, 7) is 2.08. The van der Waals surface area contributed by atoms with E-state index >= 15 is 0 Å². The molecule has 0 saturated heterocycles. The predicted molar refractivity (Wildman–Crippen MR) is 96.4 cm³/mol. The van der Waals surface area contributed by atoms with Crippen LogP contribution in [-0.2, 0) is 6.54 Å². The number of halogens is 1. The first-order chi connectivity index (χ1) is 11.9. The highest BCUT2D eigenvalue weighted by Gasteiger charge is 2.20. The van der Waals surface area contributed by atoms with Crippen LogP contribution in [-0.4, -0.2) is 20.6 Å². The number of anilines is 1. The van der Waals surface area contributed by atoms with Gasteiger partial charge in [-0.15, -0.1) is 11.3 Å². The summed E-state index contributed by atoms with van der Waals surface area (Å²) in [6.07, 6.45) is 1.58. The summed E-state index contributed by atoms with van der Waals surface area (Å²) in [5.41, 5.74) is 0.927. The van der Waals surface area contributed by atoms with E-state index in [1.54, 1.807) is 36.0 Å². The zero-order chi connectivity index (χ0) is 18.0. The molecular formula is C16H13ClN4O3S. The highest BCUT2D eigenvalue weighted by molar-refractivity contribution is 7.14. The lowest BCUT2D eigenvalue weighted by molar-refractivity contribution is -0.385. The first-order valence-corrected chi connectivity index (χ1v) is 8.46. The number of amides is 1. The Labute approximate surface area is 152 Å². The Hall–Kier alpha value is -2.71. The molecule has 7 nitrogen and oxygen atoms in total. The molecule has 25 heavy (non-hydrogen) atoms. The van der Waals surface area contributed by atoms with Gasteiger partial charge in [-0.25, -0.2) is 4.68 Å². The van der Waals surface area contributed by atoms with Gasteiger partial charge in [-0.05, 0) is 24.6 Å². The third kappa shape index (κ3) is 3.86. The molecule has 0 spiro atoms. The van der Waals surface area contributed by atoms with Crippen LogP contribution in [0.3, 0.4) is 0 Å². The second-order valence-electron chi connectivity index (χ2n) is 5.26. The summed E-state index contributed by atoms with van der Waals surface area (Å²) in [5, 5.41) is 18.5. The molecule has 0 unspecified atom stereocenters. The molecule has 0 saturated carbocycles. The van der Waals surface area contributed by atoms with Crippen molar-refractivity contribution in [2.45, 2.75) is 13.5 Å². The molecule has 0 aliphatic rings. The summed E-state index contributed by atoms with van der Waals surface area (Å²) >= 11 is 6.96. The van der Waals surface area contributed by atoms with E-state index in [0.717, 1.165) is 16.9 Å². The Kier molecular flexibility index (Phi) is 4.82. The van der Waals surface area contributed by atoms with Gasteiger partial charge in [0.15, 0.2) is 0 Å². The zero-order valence-corrected chi connectivity index (χ0v) is 14.7. The largest absolute Gasteiger partial charge is 0.306 e. The van der Waals surface area contributed by atoms with Gasteiger partial charge in [0, 0.05) is 17.2 Å². The molecule has 9 heteroatoms. The number of rotatable bonds is 5. The third-order valence-electron chi connectivity index (χ3n) is 3.52. The second kappa shape index (κ2) is 7.04. The Bertz CT molecular complexity index is 933. The summed E-state index contributed by atoms with van der Waals surface area (Å²) in [4.78, 5) is 23.6. The van der Waals surface area contributed by atoms with Crippen molar-refractivity contribution in [1.29, 1.82) is 0 Å². The topological polar surface area (TPSA) is 90.1 Å². The van der Waals surface area contributed by atoms with E-state index in [4.69, 9.17) is 11.6 Å². The summed E-state index contributed by atoms with van der Waals surface area (Å²) in [5.74, 6) is 0.104. The molecule has 2 heterocycles. The van der Waals surface area contributed by atoms with Gasteiger partial charge in [0.1, 0.15) is 5.82 Å². The van der Waals surface area contributed by atoms with Crippen LogP contribution in [0, 0.1) is 17.0 Å². The number of nitrogens with one attached hydrogen (secondary N) is 1. The van der Waals surface area contributed by atoms with E-state index in [-0.39, 0.29) is 10.6 Å². The number of carbonyl (C=O) groups excluding carboxylic acids is 1. The highest BCUT2D eigenvalue weighted by atomic mass is 35.5. The number of hydrogen-bond donors (Lipinski definition) is 1. The zero-order valence-electron chi connectivity index (χ0n) is 13.1. The lowest BCUT2D eigenvalue weighted by atomic mass is 10.2. The Morgan fingerprint density at radius 2 is 2.08 bits per heavy atom. The molecular weight excluding hydrogens is 364 g/mol. The van der Waals surface area contributed by atoms with Crippen molar-refractivity contribution >= 4 is 40.4 Å². The second-order valence-corrected chi connectivity index (χ2v) is 6.96. The molecule has 1 amide bonds. The molecule has 0 aliphatic heterocycles. The fourth-order valence-corrected chi connectivity index (χ4v) is 3.28. The maximum atomic E-state index is 12.4. The first-order valence-electron chi connectivity index (χ1n) is 7.26. The van der Waals surface area contributed by atoms with Gasteiger partial charge in [-0.2, -0.15) is 5.10 Å². The Morgan fingerprint density at radius 3 is 2.72 bits per heavy atom. The van der Waals surface area contributed by atoms with E-state index in [9.17, 15) is 14.9 Å². The van der Waals surface area contributed by atoms with Gasteiger partial charge in [0.2, 0.25) is 0 Å². The smallest absolute Gasteiger partial charge is 0.283 e. The average molecular weight is 377 g/mol. The third-order valence-corrected chi connectivity index (χ3v) is 4.81. The minimum absolute atomic E-state index is 0.0511. The van der Waals surface area contributed by atoms with Gasteiger partial charge in [0.25, 0.3) is 11.6 Å². The van der Waals surface area contributed by atoms with Crippen molar-refractivity contribution in [3.8, 4) is 0 Å². The molecule has 1 aromatic carbocycles. The molecule has 3 rings (SSSR count). The van der Waals surface area contributed by atoms with Gasteiger partial charge in [-0.1, -0.05) is 23.7 Å². The van der Waals surface area contributed by atoms with Crippen LogP contribution in [0.2, 0.25) is 5.02 Å². The van der Waals surface area contributed by atoms with E-state index in [1.807, 2.05) is 12.1 Å². The Morgan fingerprint density at radius 1 is 1.36 bits per heavy atom. The molecule has 128 valence electrons. The van der Waals surface area contributed by atoms with Crippen LogP contribution >= 0.6 is 22.9 Å². The first kappa shape index (κ1) is 17.1. The van der Waals surface area contributed by atoms with Crippen molar-refractivity contribution in [2.24, 2.45) is 0 Å². The van der Waals surface area contributed by atoms with Crippen LogP contribution in [0.15, 0.2) is 42.6 Å². The van der Waals surface area contributed by atoms with Crippen molar-refractivity contribution in [2.75, 3.05) is 5.32 Å². The summed E-state index contributed by atoms with van der Waals surface area (Å²) < 4.78 is 1.63. The van der Waals surface area contributed by atoms with E-state index in [0.29, 0.717) is 22.3 Å². The van der Waals surface area contributed by atoms with Crippen LogP contribution in [0.5, 0.6) is 0 Å².